The van der Waals surface area contributed by atoms with Crippen LogP contribution >= 0.6 is 0 Å². The molecule has 5 heteroatoms. The van der Waals surface area contributed by atoms with E-state index in [1.165, 1.54) is 32.7 Å². The molecule has 0 aliphatic heterocycles. The minimum atomic E-state index is -0.254. The van der Waals surface area contributed by atoms with Crippen LogP contribution in [0.5, 0.6) is 0 Å². The Labute approximate surface area is 298 Å². The molecule has 248 valence electrons. The van der Waals surface area contributed by atoms with Crippen molar-refractivity contribution in [2.24, 2.45) is 0 Å². The molecule has 1 aliphatic rings. The molecule has 0 radical (unpaired) electrons. The predicted octanol–water partition coefficient (Wildman–Crippen LogP) is 13.4. The summed E-state index contributed by atoms with van der Waals surface area (Å²) in [6, 6.07) is 42.8. The van der Waals surface area contributed by atoms with Crippen molar-refractivity contribution in [2.45, 2.75) is 33.1 Å². The van der Waals surface area contributed by atoms with Crippen molar-refractivity contribution >= 4 is 98.6 Å². The van der Waals surface area contributed by atoms with Crippen molar-refractivity contribution in [3.05, 3.63) is 154 Å². The SMILES string of the molecule is Cc1cc(N(c2cc3c4c(ccc5cccc(c54)C3(C)C)c2)c2cccc3c2oc2ccccc23)c2ccc3c(C)cc([N+](=O)[O-])c4ccc1c2c34. The van der Waals surface area contributed by atoms with E-state index in [9.17, 15) is 10.1 Å². The van der Waals surface area contributed by atoms with E-state index >= 15 is 0 Å². The maximum Gasteiger partial charge on any atom is 0.277 e. The van der Waals surface area contributed by atoms with Gasteiger partial charge in [-0.1, -0.05) is 92.7 Å². The Bertz CT molecular complexity index is 3220. The first-order valence-corrected chi connectivity index (χ1v) is 17.8. The third kappa shape index (κ3) is 3.62. The van der Waals surface area contributed by atoms with Crippen molar-refractivity contribution in [3.63, 3.8) is 0 Å². The van der Waals surface area contributed by atoms with Gasteiger partial charge < -0.3 is 9.32 Å². The molecule has 52 heavy (non-hydrogen) atoms. The van der Waals surface area contributed by atoms with Crippen molar-refractivity contribution in [1.82, 2.24) is 0 Å². The first kappa shape index (κ1) is 29.3. The van der Waals surface area contributed by atoms with Gasteiger partial charge in [-0.3, -0.25) is 10.1 Å². The van der Waals surface area contributed by atoms with Crippen LogP contribution in [0.25, 0.3) is 75.8 Å². The van der Waals surface area contributed by atoms with Crippen molar-refractivity contribution < 1.29 is 9.34 Å². The summed E-state index contributed by atoms with van der Waals surface area (Å²) in [6.07, 6.45) is 0. The molecular formula is C47H32N2O3. The van der Waals surface area contributed by atoms with Crippen LogP contribution < -0.4 is 4.90 Å². The molecule has 9 aromatic carbocycles. The Morgan fingerprint density at radius 3 is 2.08 bits per heavy atom. The number of furan rings is 1. The number of nitro groups is 1. The number of nitro benzene ring substituents is 1. The maximum atomic E-state index is 12.4. The fourth-order valence-electron chi connectivity index (χ4n) is 9.47. The van der Waals surface area contributed by atoms with Gasteiger partial charge in [0.25, 0.3) is 5.69 Å². The van der Waals surface area contributed by atoms with Gasteiger partial charge in [-0.2, -0.15) is 0 Å². The zero-order valence-corrected chi connectivity index (χ0v) is 29.2. The number of rotatable bonds is 4. The number of nitrogens with zero attached hydrogens (tertiary/aromatic N) is 2. The van der Waals surface area contributed by atoms with E-state index in [1.807, 2.05) is 25.1 Å². The third-order valence-corrected chi connectivity index (χ3v) is 11.9. The van der Waals surface area contributed by atoms with Gasteiger partial charge in [0.05, 0.1) is 21.7 Å². The highest BCUT2D eigenvalue weighted by molar-refractivity contribution is 6.29. The summed E-state index contributed by atoms with van der Waals surface area (Å²) in [5, 5.41) is 25.4. The Morgan fingerprint density at radius 1 is 0.577 bits per heavy atom. The quantitative estimate of drug-likeness (QED) is 0.106. The molecule has 0 atom stereocenters. The summed E-state index contributed by atoms with van der Waals surface area (Å²) in [5.41, 5.74) is 9.20. The monoisotopic (exact) mass is 672 g/mol. The third-order valence-electron chi connectivity index (χ3n) is 11.9. The number of hydrogen-bond donors (Lipinski definition) is 0. The summed E-state index contributed by atoms with van der Waals surface area (Å²) in [7, 11) is 0. The fraction of sp³-hybridized carbons (Fsp3) is 0.106. The van der Waals surface area contributed by atoms with E-state index in [0.717, 1.165) is 77.1 Å². The summed E-state index contributed by atoms with van der Waals surface area (Å²) in [6.45, 7) is 8.78. The first-order valence-electron chi connectivity index (χ1n) is 17.8. The Hall–Kier alpha value is -6.46. The van der Waals surface area contributed by atoms with Crippen LogP contribution in [0.1, 0.15) is 36.1 Å². The van der Waals surface area contributed by atoms with Gasteiger partial charge in [0.1, 0.15) is 5.58 Å². The molecule has 0 unspecified atom stereocenters. The van der Waals surface area contributed by atoms with Gasteiger partial charge in [-0.15, -0.1) is 0 Å². The number of anilines is 3. The minimum Gasteiger partial charge on any atom is -0.454 e. The highest BCUT2D eigenvalue weighted by atomic mass is 16.6. The zero-order chi connectivity index (χ0) is 35.2. The normalized spacial score (nSPS) is 13.7. The molecule has 0 amide bonds. The number of para-hydroxylation sites is 2. The lowest BCUT2D eigenvalue weighted by Gasteiger charge is -2.30. The minimum absolute atomic E-state index is 0.136. The number of hydrogen-bond acceptors (Lipinski definition) is 4. The molecule has 0 bridgehead atoms. The largest absolute Gasteiger partial charge is 0.454 e. The first-order chi connectivity index (χ1) is 25.2. The van der Waals surface area contributed by atoms with Gasteiger partial charge in [-0.25, -0.2) is 0 Å². The van der Waals surface area contributed by atoms with Gasteiger partial charge >= 0.3 is 0 Å². The molecular weight excluding hydrogens is 641 g/mol. The molecule has 0 spiro atoms. The molecule has 10 aromatic rings. The molecule has 0 saturated carbocycles. The number of aryl methyl sites for hydroxylation is 2. The predicted molar refractivity (Wildman–Crippen MR) is 215 cm³/mol. The van der Waals surface area contributed by atoms with Gasteiger partial charge in [0.15, 0.2) is 5.58 Å². The second-order valence-corrected chi connectivity index (χ2v) is 15.0. The lowest BCUT2D eigenvalue weighted by Crippen LogP contribution is -2.17. The van der Waals surface area contributed by atoms with E-state index in [1.54, 1.807) is 6.07 Å². The van der Waals surface area contributed by atoms with Crippen molar-refractivity contribution in [1.29, 1.82) is 0 Å². The summed E-state index contributed by atoms with van der Waals surface area (Å²) in [4.78, 5) is 14.5. The number of benzene rings is 9. The second-order valence-electron chi connectivity index (χ2n) is 15.0. The van der Waals surface area contributed by atoms with E-state index in [4.69, 9.17) is 4.42 Å². The molecule has 1 aliphatic carbocycles. The van der Waals surface area contributed by atoms with Crippen molar-refractivity contribution in [3.8, 4) is 0 Å². The summed E-state index contributed by atoms with van der Waals surface area (Å²) >= 11 is 0. The zero-order valence-electron chi connectivity index (χ0n) is 29.2. The lowest BCUT2D eigenvalue weighted by molar-refractivity contribution is -0.383. The topological polar surface area (TPSA) is 59.5 Å². The average molecular weight is 673 g/mol. The van der Waals surface area contributed by atoms with Crippen molar-refractivity contribution in [2.75, 3.05) is 4.90 Å². The molecule has 1 aromatic heterocycles. The maximum absolute atomic E-state index is 12.4. The average Bonchev–Trinajstić information content (AvgIpc) is 3.64. The summed E-state index contributed by atoms with van der Waals surface area (Å²) in [5.74, 6) is 0. The highest BCUT2D eigenvalue weighted by Crippen LogP contribution is 2.53. The fourth-order valence-corrected chi connectivity index (χ4v) is 9.47. The second kappa shape index (κ2) is 9.86. The molecule has 0 fully saturated rings. The van der Waals surface area contributed by atoms with E-state index in [2.05, 4.69) is 123 Å². The molecule has 0 N–H and O–H groups in total. The molecule has 11 rings (SSSR count). The Morgan fingerprint density at radius 2 is 1.25 bits per heavy atom. The van der Waals surface area contributed by atoms with Gasteiger partial charge in [0.2, 0.25) is 0 Å². The smallest absolute Gasteiger partial charge is 0.277 e. The van der Waals surface area contributed by atoms with Crippen LogP contribution in [0.15, 0.2) is 126 Å². The van der Waals surface area contributed by atoms with Crippen LogP contribution in [0.3, 0.4) is 0 Å². The molecule has 0 saturated heterocycles. The van der Waals surface area contributed by atoms with E-state index < -0.39 is 0 Å². The van der Waals surface area contributed by atoms with Gasteiger partial charge in [-0.05, 0) is 110 Å². The lowest BCUT2D eigenvalue weighted by atomic mass is 9.81. The highest BCUT2D eigenvalue weighted by Gasteiger charge is 2.35. The number of non-ortho nitro benzene ring substituents is 1. The van der Waals surface area contributed by atoms with Crippen LogP contribution in [0.2, 0.25) is 0 Å². The van der Waals surface area contributed by atoms with Crippen LogP contribution in [0, 0.1) is 24.0 Å². The number of fused-ring (bicyclic) bond motifs is 3. The Kier molecular flexibility index (Phi) is 5.55. The molecule has 5 nitrogen and oxygen atoms in total. The van der Waals surface area contributed by atoms with Crippen LogP contribution in [-0.2, 0) is 5.41 Å². The van der Waals surface area contributed by atoms with E-state index in [0.29, 0.717) is 5.39 Å². The van der Waals surface area contributed by atoms with Crippen LogP contribution in [-0.4, -0.2) is 4.92 Å². The Balaban J connectivity index is 1.30. The van der Waals surface area contributed by atoms with E-state index in [-0.39, 0.29) is 16.0 Å². The molecule has 1 heterocycles. The van der Waals surface area contributed by atoms with Crippen LogP contribution in [0.4, 0.5) is 22.7 Å². The van der Waals surface area contributed by atoms with Gasteiger partial charge in [0, 0.05) is 38.7 Å². The summed E-state index contributed by atoms with van der Waals surface area (Å²) < 4.78 is 6.74. The standard InChI is InChI=1S/C47H32N2O3/c1-25-21-39(34-19-17-31-26(2)22-40(49(50)51)35-20-18-30(25)44(34)45(31)35)48(38-13-8-11-33-32-10-5-6-14-41(32)52-46(33)38)29-23-28-16-15-27-9-7-12-36-42(27)43(28)37(24-29)47(36,3)4/h5-24H,1-4H3.